The van der Waals surface area contributed by atoms with Crippen LogP contribution in [0.15, 0.2) is 34.7 Å². The van der Waals surface area contributed by atoms with Crippen molar-refractivity contribution in [2.45, 2.75) is 33.1 Å². The highest BCUT2D eigenvalue weighted by molar-refractivity contribution is 6.12. The fourth-order valence-corrected chi connectivity index (χ4v) is 4.57. The van der Waals surface area contributed by atoms with E-state index in [1.807, 2.05) is 0 Å². The van der Waals surface area contributed by atoms with Gasteiger partial charge in [0.1, 0.15) is 5.92 Å². The Morgan fingerprint density at radius 1 is 1.29 bits per heavy atom. The van der Waals surface area contributed by atoms with Gasteiger partial charge in [-0.25, -0.2) is 4.79 Å². The predicted molar refractivity (Wildman–Crippen MR) is 118 cm³/mol. The number of allylic oxidation sites excluding steroid dienone is 3. The van der Waals surface area contributed by atoms with Crippen LogP contribution in [0.5, 0.6) is 11.5 Å². The van der Waals surface area contributed by atoms with Gasteiger partial charge in [-0.05, 0) is 37.8 Å². The average molecular weight is 474 g/mol. The van der Waals surface area contributed by atoms with Gasteiger partial charge in [0.15, 0.2) is 11.5 Å². The first-order valence-electron chi connectivity index (χ1n) is 10.6. The molecule has 1 aliphatic carbocycles. The number of carbonyl (C=O) groups is 3. The summed E-state index contributed by atoms with van der Waals surface area (Å²) in [6.45, 7) is 5.06. The van der Waals surface area contributed by atoms with Gasteiger partial charge in [0.05, 0.1) is 31.3 Å². The zero-order valence-corrected chi connectivity index (χ0v) is 19.5. The van der Waals surface area contributed by atoms with Crippen molar-refractivity contribution >= 4 is 23.4 Å². The molecule has 0 amide bonds. The molecule has 1 aromatic carbocycles. The van der Waals surface area contributed by atoms with Crippen molar-refractivity contribution in [2.75, 3.05) is 20.8 Å². The highest BCUT2D eigenvalue weighted by Gasteiger charge is 2.47. The minimum absolute atomic E-state index is 0.0586. The predicted octanol–water partition coefficient (Wildman–Crippen LogP) is 2.49. The van der Waals surface area contributed by atoms with E-state index in [2.05, 4.69) is 5.32 Å². The zero-order chi connectivity index (χ0) is 25.3. The highest BCUT2D eigenvalue weighted by atomic mass is 16.6. The molecule has 0 radical (unpaired) electrons. The first-order valence-corrected chi connectivity index (χ1v) is 10.6. The molecule has 2 N–H and O–H groups in total. The van der Waals surface area contributed by atoms with Crippen molar-refractivity contribution in [3.05, 3.63) is 50.4 Å². The molecule has 1 heterocycles. The number of esters is 2. The fraction of sp³-hybridized carbons (Fsp3) is 0.435. The minimum atomic E-state index is -1.11. The molecule has 0 unspecified atom stereocenters. The molecule has 0 saturated heterocycles. The lowest BCUT2D eigenvalue weighted by Gasteiger charge is -2.38. The lowest BCUT2D eigenvalue weighted by molar-refractivity contribution is -0.386. The van der Waals surface area contributed by atoms with Crippen LogP contribution < -0.4 is 10.1 Å². The van der Waals surface area contributed by atoms with Crippen molar-refractivity contribution in [1.29, 1.82) is 0 Å². The van der Waals surface area contributed by atoms with Crippen molar-refractivity contribution in [2.24, 2.45) is 11.8 Å². The Bertz CT molecular complexity index is 1140. The molecule has 0 spiro atoms. The monoisotopic (exact) mass is 474 g/mol. The number of hydrogen-bond acceptors (Lipinski definition) is 10. The number of benzene rings is 1. The first kappa shape index (κ1) is 24.7. The van der Waals surface area contributed by atoms with E-state index >= 15 is 0 Å². The van der Waals surface area contributed by atoms with Gasteiger partial charge in [-0.1, -0.05) is 6.92 Å². The second-order valence-electron chi connectivity index (χ2n) is 8.10. The van der Waals surface area contributed by atoms with Crippen LogP contribution in [0.1, 0.15) is 38.7 Å². The summed E-state index contributed by atoms with van der Waals surface area (Å²) in [4.78, 5) is 49.9. The summed E-state index contributed by atoms with van der Waals surface area (Å²) in [5, 5.41) is 24.9. The number of ketones is 1. The standard InChI is InChI=1S/C23H26N2O9/c1-6-34-23(29)17-11(3)24-13-7-10(2)16(22(28)33-5)21(27)19(13)18(17)12-8-14(25(30)31)20(26)15(9-12)32-4/h8-10,16,18,24,26H,6-7H2,1-5H3/t10-,16+,18+/m0/s1. The number of nitrogens with one attached hydrogen (secondary N) is 1. The topological polar surface area (TPSA) is 154 Å². The Morgan fingerprint density at radius 2 is 1.97 bits per heavy atom. The molecule has 3 atom stereocenters. The third-order valence-corrected chi connectivity index (χ3v) is 6.07. The molecule has 0 saturated carbocycles. The van der Waals surface area contributed by atoms with E-state index in [0.29, 0.717) is 17.8 Å². The number of hydrogen-bond donors (Lipinski definition) is 2. The summed E-state index contributed by atoms with van der Waals surface area (Å²) in [7, 11) is 2.41. The van der Waals surface area contributed by atoms with Crippen LogP contribution >= 0.6 is 0 Å². The maximum atomic E-state index is 13.6. The maximum absolute atomic E-state index is 13.6. The van der Waals surface area contributed by atoms with E-state index < -0.39 is 45.9 Å². The molecule has 182 valence electrons. The highest BCUT2D eigenvalue weighted by Crippen LogP contribution is 2.48. The number of dihydropyridines is 1. The van der Waals surface area contributed by atoms with Crippen LogP contribution in [0.25, 0.3) is 0 Å². The molecule has 11 heteroatoms. The van der Waals surface area contributed by atoms with Crippen LogP contribution in [0, 0.1) is 22.0 Å². The number of ether oxygens (including phenoxy) is 3. The Hall–Kier alpha value is -3.89. The summed E-state index contributed by atoms with van der Waals surface area (Å²) in [6, 6.07) is 2.41. The quantitative estimate of drug-likeness (QED) is 0.272. The van der Waals surface area contributed by atoms with Gasteiger partial charge < -0.3 is 24.6 Å². The lowest BCUT2D eigenvalue weighted by Crippen LogP contribution is -2.43. The number of nitro groups is 1. The number of Topliss-reactive ketones (excluding diaryl/α,β-unsaturated/α-hetero) is 1. The van der Waals surface area contributed by atoms with E-state index in [9.17, 15) is 29.6 Å². The van der Waals surface area contributed by atoms with Gasteiger partial charge in [0, 0.05) is 29.0 Å². The molecule has 0 aromatic heterocycles. The number of aromatic hydroxyl groups is 1. The SMILES string of the molecule is CCOC(=O)C1=C(C)NC2=C(C(=O)[C@H](C(=O)OC)[C@@H](C)C2)[C@@H]1c1cc(OC)c(O)c([N+](=O)[O-])c1. The third-order valence-electron chi connectivity index (χ3n) is 6.07. The number of methoxy groups -OCH3 is 2. The second kappa shape index (κ2) is 9.54. The molecule has 1 aliphatic heterocycles. The van der Waals surface area contributed by atoms with Crippen LogP contribution in [0.4, 0.5) is 5.69 Å². The van der Waals surface area contributed by atoms with E-state index in [0.717, 1.165) is 6.07 Å². The molecule has 2 aliphatic rings. The van der Waals surface area contributed by atoms with Gasteiger partial charge in [-0.2, -0.15) is 0 Å². The molecule has 1 aromatic rings. The number of phenolic OH excluding ortho intramolecular Hbond substituents is 1. The van der Waals surface area contributed by atoms with E-state index in [-0.39, 0.29) is 35.0 Å². The van der Waals surface area contributed by atoms with Gasteiger partial charge >= 0.3 is 17.6 Å². The van der Waals surface area contributed by atoms with Crippen LogP contribution in [-0.4, -0.2) is 48.6 Å². The molecule has 11 nitrogen and oxygen atoms in total. The van der Waals surface area contributed by atoms with E-state index in [1.165, 1.54) is 20.3 Å². The molecule has 0 bridgehead atoms. The molecular weight excluding hydrogens is 448 g/mol. The summed E-state index contributed by atoms with van der Waals surface area (Å²) in [5.41, 5.74) is 0.593. The summed E-state index contributed by atoms with van der Waals surface area (Å²) in [6.07, 6.45) is 0.308. The number of nitrogens with zero attached hydrogens (tertiary/aromatic N) is 1. The number of rotatable bonds is 6. The average Bonchev–Trinajstić information content (AvgIpc) is 2.77. The van der Waals surface area contributed by atoms with Crippen LogP contribution in [0.2, 0.25) is 0 Å². The van der Waals surface area contributed by atoms with Crippen molar-refractivity contribution in [3.8, 4) is 11.5 Å². The van der Waals surface area contributed by atoms with Crippen molar-refractivity contribution in [1.82, 2.24) is 5.32 Å². The first-order chi connectivity index (χ1) is 16.1. The Balaban J connectivity index is 2.32. The fourth-order valence-electron chi connectivity index (χ4n) is 4.57. The van der Waals surface area contributed by atoms with E-state index in [4.69, 9.17) is 14.2 Å². The van der Waals surface area contributed by atoms with Crippen LogP contribution in [-0.2, 0) is 23.9 Å². The van der Waals surface area contributed by atoms with Gasteiger partial charge in [0.25, 0.3) is 0 Å². The Morgan fingerprint density at radius 3 is 2.53 bits per heavy atom. The van der Waals surface area contributed by atoms with Crippen LogP contribution in [0.3, 0.4) is 0 Å². The summed E-state index contributed by atoms with van der Waals surface area (Å²) < 4.78 is 15.2. The lowest BCUT2D eigenvalue weighted by atomic mass is 9.69. The molecule has 3 rings (SSSR count). The smallest absolute Gasteiger partial charge is 0.336 e. The number of phenols is 1. The summed E-state index contributed by atoms with van der Waals surface area (Å²) >= 11 is 0. The third kappa shape index (κ3) is 4.09. The van der Waals surface area contributed by atoms with Crippen molar-refractivity contribution in [3.63, 3.8) is 0 Å². The largest absolute Gasteiger partial charge is 0.500 e. The number of nitro benzene ring substituents is 1. The minimum Gasteiger partial charge on any atom is -0.500 e. The molecule has 0 fully saturated rings. The van der Waals surface area contributed by atoms with Crippen molar-refractivity contribution < 1.29 is 38.6 Å². The molecular formula is C23H26N2O9. The Kier molecular flexibility index (Phi) is 6.94. The van der Waals surface area contributed by atoms with Gasteiger partial charge in [-0.3, -0.25) is 19.7 Å². The number of carbonyl (C=O) groups excluding carboxylic acids is 3. The molecule has 34 heavy (non-hydrogen) atoms. The second-order valence-corrected chi connectivity index (χ2v) is 8.10. The Labute approximate surface area is 195 Å². The normalized spacial score (nSPS) is 22.0. The summed E-state index contributed by atoms with van der Waals surface area (Å²) in [5.74, 6) is -5.46. The van der Waals surface area contributed by atoms with E-state index in [1.54, 1.807) is 20.8 Å². The van der Waals surface area contributed by atoms with Gasteiger partial charge in [-0.15, -0.1) is 0 Å². The zero-order valence-electron chi connectivity index (χ0n) is 19.5. The maximum Gasteiger partial charge on any atom is 0.336 e. The van der Waals surface area contributed by atoms with Gasteiger partial charge in [0.2, 0.25) is 5.75 Å².